The fraction of sp³-hybridized carbons (Fsp3) is 0.350. The molecule has 1 aromatic rings. The van der Waals surface area contributed by atoms with E-state index in [9.17, 15) is 19.7 Å². The SMILES string of the molecule is CCOC(=O)C1=C(C)NC(CSC(=N)N)=C(C(=O)OCC)C1c1cccc([N+](=O)[O-])c1. The molecule has 0 fully saturated rings. The number of non-ortho nitro benzene ring substituents is 1. The number of allylic oxidation sites excluding steroid dienone is 1. The van der Waals surface area contributed by atoms with E-state index in [1.165, 1.54) is 18.2 Å². The lowest BCUT2D eigenvalue weighted by molar-refractivity contribution is -0.384. The molecule has 1 atom stereocenters. The number of benzene rings is 1. The van der Waals surface area contributed by atoms with Crippen molar-refractivity contribution in [2.45, 2.75) is 26.7 Å². The first-order valence-electron chi connectivity index (χ1n) is 9.47. The first-order chi connectivity index (χ1) is 14.7. The van der Waals surface area contributed by atoms with Crippen molar-refractivity contribution < 1.29 is 24.0 Å². The lowest BCUT2D eigenvalue weighted by Gasteiger charge is -2.31. The Bertz CT molecular complexity index is 972. The molecule has 11 heteroatoms. The van der Waals surface area contributed by atoms with Crippen LogP contribution in [0.3, 0.4) is 0 Å². The quantitative estimate of drug-likeness (QED) is 0.179. The standard InChI is InChI=1S/C20H24N4O6S/c1-4-29-18(25)15-11(3)23-14(10-31-20(21)22)17(19(26)30-5-2)16(15)12-7-6-8-13(9-12)24(27)28/h6-9,16,23H,4-5,10H2,1-3H3,(H3,21,22). The molecular formula is C20H24N4O6S. The number of dihydropyridines is 1. The van der Waals surface area contributed by atoms with Gasteiger partial charge in [-0.25, -0.2) is 9.59 Å². The molecule has 31 heavy (non-hydrogen) atoms. The third kappa shape index (κ3) is 5.63. The number of nitrogens with zero attached hydrogens (tertiary/aromatic N) is 1. The van der Waals surface area contributed by atoms with Gasteiger partial charge in [0.25, 0.3) is 5.69 Å². The van der Waals surface area contributed by atoms with Crippen LogP contribution in [0.4, 0.5) is 5.69 Å². The fourth-order valence-corrected chi connectivity index (χ4v) is 3.77. The second kappa shape index (κ2) is 10.6. The topological polar surface area (TPSA) is 158 Å². The number of amidine groups is 1. The Morgan fingerprint density at radius 1 is 1.23 bits per heavy atom. The first-order valence-corrected chi connectivity index (χ1v) is 10.5. The molecule has 0 aliphatic carbocycles. The van der Waals surface area contributed by atoms with Crippen molar-refractivity contribution in [3.8, 4) is 0 Å². The smallest absolute Gasteiger partial charge is 0.336 e. The third-order valence-corrected chi connectivity index (χ3v) is 5.17. The summed E-state index contributed by atoms with van der Waals surface area (Å²) >= 11 is 0.990. The van der Waals surface area contributed by atoms with Crippen LogP contribution in [0.15, 0.2) is 46.8 Å². The summed E-state index contributed by atoms with van der Waals surface area (Å²) < 4.78 is 10.4. The van der Waals surface area contributed by atoms with Crippen LogP contribution in [-0.4, -0.2) is 41.0 Å². The molecule has 0 amide bonds. The van der Waals surface area contributed by atoms with Crippen molar-refractivity contribution in [3.05, 3.63) is 62.5 Å². The second-order valence-corrected chi connectivity index (χ2v) is 7.45. The van der Waals surface area contributed by atoms with Crippen LogP contribution in [0, 0.1) is 15.5 Å². The van der Waals surface area contributed by atoms with E-state index < -0.39 is 22.8 Å². The molecule has 1 aliphatic rings. The lowest BCUT2D eigenvalue weighted by Crippen LogP contribution is -2.34. The Hall–Kier alpha value is -3.34. The van der Waals surface area contributed by atoms with Crippen molar-refractivity contribution in [2.24, 2.45) is 5.73 Å². The van der Waals surface area contributed by atoms with Crippen LogP contribution in [0.5, 0.6) is 0 Å². The van der Waals surface area contributed by atoms with Gasteiger partial charge in [0.2, 0.25) is 0 Å². The molecule has 1 heterocycles. The highest BCUT2D eigenvalue weighted by Gasteiger charge is 2.39. The van der Waals surface area contributed by atoms with Gasteiger partial charge in [0, 0.05) is 29.3 Å². The predicted octanol–water partition coefficient (Wildman–Crippen LogP) is 2.56. The summed E-state index contributed by atoms with van der Waals surface area (Å²) in [5, 5.41) is 21.7. The van der Waals surface area contributed by atoms with Gasteiger partial charge in [0.1, 0.15) is 0 Å². The zero-order chi connectivity index (χ0) is 23.1. The minimum Gasteiger partial charge on any atom is -0.463 e. The normalized spacial score (nSPS) is 15.9. The molecule has 1 aromatic carbocycles. The van der Waals surface area contributed by atoms with Crippen molar-refractivity contribution >= 4 is 34.6 Å². The van der Waals surface area contributed by atoms with Gasteiger partial charge in [-0.2, -0.15) is 0 Å². The number of hydrogen-bond donors (Lipinski definition) is 3. The van der Waals surface area contributed by atoms with Crippen LogP contribution in [-0.2, 0) is 19.1 Å². The first kappa shape index (κ1) is 23.9. The van der Waals surface area contributed by atoms with Crippen LogP contribution >= 0.6 is 11.8 Å². The molecule has 0 radical (unpaired) electrons. The molecule has 1 unspecified atom stereocenters. The van der Waals surface area contributed by atoms with E-state index in [4.69, 9.17) is 20.6 Å². The molecule has 0 saturated heterocycles. The van der Waals surface area contributed by atoms with E-state index in [1.54, 1.807) is 26.8 Å². The number of nitro groups is 1. The van der Waals surface area contributed by atoms with Crippen molar-refractivity contribution in [1.29, 1.82) is 5.41 Å². The molecule has 0 saturated carbocycles. The second-order valence-electron chi connectivity index (χ2n) is 6.43. The number of nitro benzene ring substituents is 1. The summed E-state index contributed by atoms with van der Waals surface area (Å²) in [6.07, 6.45) is 0. The van der Waals surface area contributed by atoms with Crippen LogP contribution < -0.4 is 11.1 Å². The number of nitrogens with one attached hydrogen (secondary N) is 2. The minimum atomic E-state index is -0.957. The van der Waals surface area contributed by atoms with Gasteiger partial charge in [0.15, 0.2) is 5.17 Å². The highest BCUT2D eigenvalue weighted by Crippen LogP contribution is 2.40. The molecule has 1 aliphatic heterocycles. The maximum Gasteiger partial charge on any atom is 0.336 e. The van der Waals surface area contributed by atoms with Gasteiger partial charge in [-0.05, 0) is 26.3 Å². The highest BCUT2D eigenvalue weighted by molar-refractivity contribution is 8.13. The van der Waals surface area contributed by atoms with Crippen LogP contribution in [0.25, 0.3) is 0 Å². The Kier molecular flexibility index (Phi) is 8.20. The fourth-order valence-electron chi connectivity index (χ4n) is 3.24. The van der Waals surface area contributed by atoms with E-state index >= 15 is 0 Å². The Labute approximate surface area is 183 Å². The van der Waals surface area contributed by atoms with Gasteiger partial charge >= 0.3 is 11.9 Å². The Morgan fingerprint density at radius 3 is 2.39 bits per heavy atom. The average molecular weight is 449 g/mol. The van der Waals surface area contributed by atoms with Crippen molar-refractivity contribution in [3.63, 3.8) is 0 Å². The molecule has 10 nitrogen and oxygen atoms in total. The van der Waals surface area contributed by atoms with Crippen molar-refractivity contribution in [2.75, 3.05) is 19.0 Å². The molecule has 2 rings (SSSR count). The zero-order valence-electron chi connectivity index (χ0n) is 17.4. The van der Waals surface area contributed by atoms with E-state index in [-0.39, 0.29) is 41.0 Å². The summed E-state index contributed by atoms with van der Waals surface area (Å²) in [7, 11) is 0. The largest absolute Gasteiger partial charge is 0.463 e. The average Bonchev–Trinajstić information content (AvgIpc) is 2.71. The molecule has 4 N–H and O–H groups in total. The monoisotopic (exact) mass is 448 g/mol. The van der Waals surface area contributed by atoms with Gasteiger partial charge < -0.3 is 20.5 Å². The number of esters is 2. The van der Waals surface area contributed by atoms with Gasteiger partial charge in [-0.15, -0.1) is 0 Å². The van der Waals surface area contributed by atoms with E-state index in [0.717, 1.165) is 11.8 Å². The summed E-state index contributed by atoms with van der Waals surface area (Å²) in [4.78, 5) is 36.6. The molecule has 0 bridgehead atoms. The maximum atomic E-state index is 13.0. The van der Waals surface area contributed by atoms with Gasteiger partial charge in [-0.1, -0.05) is 23.9 Å². The van der Waals surface area contributed by atoms with Crippen LogP contribution in [0.2, 0.25) is 0 Å². The third-order valence-electron chi connectivity index (χ3n) is 4.42. The van der Waals surface area contributed by atoms with Crippen molar-refractivity contribution in [1.82, 2.24) is 5.32 Å². The number of carbonyl (C=O) groups is 2. The molecule has 0 aromatic heterocycles. The van der Waals surface area contributed by atoms with E-state index in [2.05, 4.69) is 5.32 Å². The summed E-state index contributed by atoms with van der Waals surface area (Å²) in [5.74, 6) is -2.15. The highest BCUT2D eigenvalue weighted by atomic mass is 32.2. The van der Waals surface area contributed by atoms with Gasteiger partial charge in [-0.3, -0.25) is 15.5 Å². The van der Waals surface area contributed by atoms with E-state index in [0.29, 0.717) is 17.0 Å². The maximum absolute atomic E-state index is 13.0. The minimum absolute atomic E-state index is 0.0918. The predicted molar refractivity (Wildman–Crippen MR) is 116 cm³/mol. The molecule has 166 valence electrons. The molecular weight excluding hydrogens is 424 g/mol. The number of carbonyl (C=O) groups excluding carboxylic acids is 2. The number of thioether (sulfide) groups is 1. The Balaban J connectivity index is 2.75. The Morgan fingerprint density at radius 2 is 1.84 bits per heavy atom. The number of nitrogens with two attached hydrogens (primary N) is 1. The lowest BCUT2D eigenvalue weighted by atomic mass is 9.80. The summed E-state index contributed by atoms with van der Waals surface area (Å²) in [6, 6.07) is 5.73. The van der Waals surface area contributed by atoms with Crippen LogP contribution in [0.1, 0.15) is 32.3 Å². The number of rotatable bonds is 8. The number of hydrogen-bond acceptors (Lipinski definition) is 9. The number of ether oxygens (including phenoxy) is 2. The van der Waals surface area contributed by atoms with Gasteiger partial charge in [0.05, 0.1) is 35.2 Å². The van der Waals surface area contributed by atoms with E-state index in [1.807, 2.05) is 0 Å². The zero-order valence-corrected chi connectivity index (χ0v) is 18.2. The molecule has 0 spiro atoms. The summed E-state index contributed by atoms with van der Waals surface area (Å²) in [6.45, 7) is 5.16. The summed E-state index contributed by atoms with van der Waals surface area (Å²) in [5.41, 5.74) is 6.75.